The molecular formula is C28H31ClN4O5. The summed E-state index contributed by atoms with van der Waals surface area (Å²) >= 11 is 6.45. The second-order valence-corrected chi connectivity index (χ2v) is 9.25. The summed E-state index contributed by atoms with van der Waals surface area (Å²) < 4.78 is 11.4. The lowest BCUT2D eigenvalue weighted by Crippen LogP contribution is -2.48. The molecule has 3 aromatic rings. The van der Waals surface area contributed by atoms with Crippen LogP contribution < -0.4 is 4.90 Å². The van der Waals surface area contributed by atoms with E-state index in [-0.39, 0.29) is 30.6 Å². The molecule has 1 aromatic heterocycles. The zero-order chi connectivity index (χ0) is 27.1. The van der Waals surface area contributed by atoms with Crippen molar-refractivity contribution in [3.05, 3.63) is 65.3 Å². The summed E-state index contributed by atoms with van der Waals surface area (Å²) in [5, 5.41) is 5.01. The number of ether oxygens (including phenoxy) is 2. The minimum absolute atomic E-state index is 0.0640. The molecule has 0 saturated carbocycles. The predicted molar refractivity (Wildman–Crippen MR) is 145 cm³/mol. The molecular weight excluding hydrogens is 508 g/mol. The standard InChI is InChI=1S/C28H31ClN4O5/c1-3-38-28(36)23-19-25(33(30-23)24-8-5-4-7-22(24)29)20-11-13-21(14-12-20)31-15-17-32(18-16-31)26(34)9-6-10-27(35)37-2/h4-5,7-8,11-14,19H,3,6,9-10,15-18H2,1-2H3. The van der Waals surface area contributed by atoms with E-state index < -0.39 is 5.97 Å². The van der Waals surface area contributed by atoms with Gasteiger partial charge in [0.2, 0.25) is 5.91 Å². The smallest absolute Gasteiger partial charge is 0.358 e. The largest absolute Gasteiger partial charge is 0.469 e. The van der Waals surface area contributed by atoms with E-state index in [2.05, 4.69) is 14.7 Å². The maximum atomic E-state index is 12.5. The molecule has 10 heteroatoms. The van der Waals surface area contributed by atoms with Crippen LogP contribution in [-0.4, -0.2) is 72.4 Å². The molecule has 0 radical (unpaired) electrons. The lowest BCUT2D eigenvalue weighted by atomic mass is 10.1. The third-order valence-corrected chi connectivity index (χ3v) is 6.75. The van der Waals surface area contributed by atoms with E-state index in [4.69, 9.17) is 16.3 Å². The molecule has 0 spiro atoms. The van der Waals surface area contributed by atoms with Crippen molar-refractivity contribution < 1.29 is 23.9 Å². The third-order valence-electron chi connectivity index (χ3n) is 6.43. The number of rotatable bonds is 9. The highest BCUT2D eigenvalue weighted by Crippen LogP contribution is 2.30. The maximum Gasteiger partial charge on any atom is 0.358 e. The molecule has 2 aromatic carbocycles. The summed E-state index contributed by atoms with van der Waals surface area (Å²) in [6, 6.07) is 17.1. The summed E-state index contributed by atoms with van der Waals surface area (Å²) in [5.74, 6) is -0.721. The Labute approximate surface area is 226 Å². The zero-order valence-corrected chi connectivity index (χ0v) is 22.3. The van der Waals surface area contributed by atoms with Crippen molar-refractivity contribution in [2.75, 3.05) is 44.8 Å². The van der Waals surface area contributed by atoms with Crippen LogP contribution in [0.4, 0.5) is 5.69 Å². The number of para-hydroxylation sites is 1. The number of methoxy groups -OCH3 is 1. The fourth-order valence-electron chi connectivity index (χ4n) is 4.40. The number of amides is 1. The normalized spacial score (nSPS) is 13.3. The van der Waals surface area contributed by atoms with Crippen LogP contribution in [0.3, 0.4) is 0 Å². The van der Waals surface area contributed by atoms with Gasteiger partial charge in [-0.3, -0.25) is 9.59 Å². The van der Waals surface area contributed by atoms with Crippen LogP contribution >= 0.6 is 11.6 Å². The number of benzene rings is 2. The van der Waals surface area contributed by atoms with Gasteiger partial charge in [-0.2, -0.15) is 5.10 Å². The minimum atomic E-state index is -0.492. The van der Waals surface area contributed by atoms with Crippen LogP contribution in [0.25, 0.3) is 16.9 Å². The van der Waals surface area contributed by atoms with Crippen LogP contribution in [-0.2, 0) is 19.1 Å². The van der Waals surface area contributed by atoms with Crippen LogP contribution in [0.1, 0.15) is 36.7 Å². The highest BCUT2D eigenvalue weighted by atomic mass is 35.5. The molecule has 1 fully saturated rings. The van der Waals surface area contributed by atoms with Crippen molar-refractivity contribution >= 4 is 35.1 Å². The first-order valence-electron chi connectivity index (χ1n) is 12.6. The number of halogens is 1. The minimum Gasteiger partial charge on any atom is -0.469 e. The second-order valence-electron chi connectivity index (χ2n) is 8.84. The fraction of sp³-hybridized carbons (Fsp3) is 0.357. The van der Waals surface area contributed by atoms with Gasteiger partial charge in [-0.1, -0.05) is 35.9 Å². The molecule has 0 aliphatic carbocycles. The van der Waals surface area contributed by atoms with Crippen molar-refractivity contribution in [2.24, 2.45) is 0 Å². The van der Waals surface area contributed by atoms with Crippen molar-refractivity contribution in [3.63, 3.8) is 0 Å². The Hall–Kier alpha value is -3.85. The Balaban J connectivity index is 1.46. The number of hydrogen-bond donors (Lipinski definition) is 0. The molecule has 38 heavy (non-hydrogen) atoms. The molecule has 1 aliphatic heterocycles. The van der Waals surface area contributed by atoms with Crippen LogP contribution in [0.2, 0.25) is 5.02 Å². The highest BCUT2D eigenvalue weighted by molar-refractivity contribution is 6.32. The first-order chi connectivity index (χ1) is 18.4. The van der Waals surface area contributed by atoms with Crippen LogP contribution in [0.5, 0.6) is 0 Å². The van der Waals surface area contributed by atoms with Crippen molar-refractivity contribution in [1.82, 2.24) is 14.7 Å². The molecule has 2 heterocycles. The van der Waals surface area contributed by atoms with Crippen molar-refractivity contribution in [1.29, 1.82) is 0 Å². The molecule has 9 nitrogen and oxygen atoms in total. The average Bonchev–Trinajstić information content (AvgIpc) is 3.39. The summed E-state index contributed by atoms with van der Waals surface area (Å²) in [6.07, 6.45) is 1.09. The molecule has 1 amide bonds. The Morgan fingerprint density at radius 3 is 2.34 bits per heavy atom. The number of carbonyl (C=O) groups is 3. The topological polar surface area (TPSA) is 94.0 Å². The number of anilines is 1. The molecule has 0 atom stereocenters. The number of carbonyl (C=O) groups excluding carboxylic acids is 3. The molecule has 0 N–H and O–H groups in total. The molecule has 0 bridgehead atoms. The van der Waals surface area contributed by atoms with E-state index in [9.17, 15) is 14.4 Å². The number of aromatic nitrogens is 2. The first-order valence-corrected chi connectivity index (χ1v) is 13.0. The second kappa shape index (κ2) is 12.6. The average molecular weight is 539 g/mol. The van der Waals surface area contributed by atoms with E-state index in [1.807, 2.05) is 47.4 Å². The lowest BCUT2D eigenvalue weighted by molar-refractivity contribution is -0.140. The number of piperazine rings is 1. The van der Waals surface area contributed by atoms with E-state index in [0.29, 0.717) is 49.7 Å². The molecule has 1 aliphatic rings. The zero-order valence-electron chi connectivity index (χ0n) is 21.6. The van der Waals surface area contributed by atoms with Gasteiger partial charge in [0.05, 0.1) is 30.1 Å². The van der Waals surface area contributed by atoms with Gasteiger partial charge in [-0.25, -0.2) is 9.48 Å². The van der Waals surface area contributed by atoms with E-state index in [1.165, 1.54) is 7.11 Å². The van der Waals surface area contributed by atoms with E-state index in [1.54, 1.807) is 23.7 Å². The van der Waals surface area contributed by atoms with Crippen molar-refractivity contribution in [3.8, 4) is 16.9 Å². The van der Waals surface area contributed by atoms with Gasteiger partial charge in [0.15, 0.2) is 5.69 Å². The fourth-order valence-corrected chi connectivity index (χ4v) is 4.62. The quantitative estimate of drug-likeness (QED) is 0.374. The van der Waals surface area contributed by atoms with Gasteiger partial charge in [0.1, 0.15) is 0 Å². The first kappa shape index (κ1) is 27.2. The molecule has 0 unspecified atom stereocenters. The predicted octanol–water partition coefficient (Wildman–Crippen LogP) is 4.36. The monoisotopic (exact) mass is 538 g/mol. The summed E-state index contributed by atoms with van der Waals surface area (Å²) in [7, 11) is 1.35. The molecule has 4 rings (SSSR count). The summed E-state index contributed by atoms with van der Waals surface area (Å²) in [5.41, 5.74) is 3.50. The Bertz CT molecular complexity index is 1280. The van der Waals surface area contributed by atoms with E-state index in [0.717, 1.165) is 16.9 Å². The summed E-state index contributed by atoms with van der Waals surface area (Å²) in [4.78, 5) is 40.2. The van der Waals surface area contributed by atoms with Gasteiger partial charge in [-0.15, -0.1) is 0 Å². The van der Waals surface area contributed by atoms with Gasteiger partial charge < -0.3 is 19.3 Å². The third kappa shape index (κ3) is 6.34. The number of hydrogen-bond acceptors (Lipinski definition) is 7. The molecule has 1 saturated heterocycles. The van der Waals surface area contributed by atoms with Gasteiger partial charge in [0.25, 0.3) is 0 Å². The number of esters is 2. The van der Waals surface area contributed by atoms with Crippen LogP contribution in [0.15, 0.2) is 54.6 Å². The number of nitrogens with zero attached hydrogens (tertiary/aromatic N) is 4. The van der Waals surface area contributed by atoms with E-state index >= 15 is 0 Å². The highest BCUT2D eigenvalue weighted by Gasteiger charge is 2.22. The van der Waals surface area contributed by atoms with Gasteiger partial charge in [-0.05, 0) is 43.7 Å². The molecule has 200 valence electrons. The SMILES string of the molecule is CCOC(=O)c1cc(-c2ccc(N3CCN(C(=O)CCCC(=O)OC)CC3)cc2)n(-c2ccccc2Cl)n1. The van der Waals surface area contributed by atoms with Gasteiger partial charge in [0, 0.05) is 50.3 Å². The maximum absolute atomic E-state index is 12.5. The van der Waals surface area contributed by atoms with Gasteiger partial charge >= 0.3 is 11.9 Å². The van der Waals surface area contributed by atoms with Crippen LogP contribution in [0, 0.1) is 0 Å². The summed E-state index contributed by atoms with van der Waals surface area (Å²) in [6.45, 7) is 4.69. The Kier molecular flexibility index (Phi) is 9.02. The Morgan fingerprint density at radius 2 is 1.68 bits per heavy atom. The lowest BCUT2D eigenvalue weighted by Gasteiger charge is -2.36. The van der Waals surface area contributed by atoms with Crippen molar-refractivity contribution in [2.45, 2.75) is 26.2 Å². The Morgan fingerprint density at radius 1 is 0.974 bits per heavy atom.